The predicted molar refractivity (Wildman–Crippen MR) is 61.4 cm³/mol. The quantitative estimate of drug-likeness (QED) is 0.725. The Morgan fingerprint density at radius 3 is 1.93 bits per heavy atom. The molecule has 82 valence electrons. The van der Waals surface area contributed by atoms with E-state index in [0.29, 0.717) is 0 Å². The first-order valence-electron chi connectivity index (χ1n) is 6.65. The Balaban J connectivity index is 1.86. The van der Waals surface area contributed by atoms with Gasteiger partial charge in [-0.1, -0.05) is 32.6 Å². The van der Waals surface area contributed by atoms with E-state index in [2.05, 4.69) is 12.2 Å². The average Bonchev–Trinajstić information content (AvgIpc) is 2.16. The van der Waals surface area contributed by atoms with Gasteiger partial charge < -0.3 is 5.32 Å². The summed E-state index contributed by atoms with van der Waals surface area (Å²) >= 11 is 0. The van der Waals surface area contributed by atoms with Gasteiger partial charge in [-0.3, -0.25) is 0 Å². The molecule has 1 atom stereocenters. The first-order chi connectivity index (χ1) is 6.92. The molecular formula is C13H25N. The molecule has 0 saturated heterocycles. The standard InChI is InChI=1S/C13H25N/c1-2-14-13(12-9-6-10-12)11-7-4-3-5-8-11/h11-14H,2-10H2,1H3. The highest BCUT2D eigenvalue weighted by molar-refractivity contribution is 4.88. The fourth-order valence-electron chi connectivity index (χ4n) is 3.25. The lowest BCUT2D eigenvalue weighted by Crippen LogP contribution is -2.45. The Morgan fingerprint density at radius 1 is 0.929 bits per heavy atom. The van der Waals surface area contributed by atoms with Crippen LogP contribution in [0.4, 0.5) is 0 Å². The summed E-state index contributed by atoms with van der Waals surface area (Å²) in [6, 6.07) is 0.869. The molecule has 0 bridgehead atoms. The van der Waals surface area contributed by atoms with Crippen LogP contribution >= 0.6 is 0 Å². The van der Waals surface area contributed by atoms with Crippen molar-refractivity contribution in [1.29, 1.82) is 0 Å². The van der Waals surface area contributed by atoms with Gasteiger partial charge in [0.1, 0.15) is 0 Å². The zero-order valence-corrected chi connectivity index (χ0v) is 9.60. The highest BCUT2D eigenvalue weighted by Crippen LogP contribution is 2.37. The lowest BCUT2D eigenvalue weighted by molar-refractivity contribution is 0.148. The molecule has 1 N–H and O–H groups in total. The Bertz CT molecular complexity index is 157. The van der Waals surface area contributed by atoms with Crippen molar-refractivity contribution in [2.24, 2.45) is 11.8 Å². The van der Waals surface area contributed by atoms with E-state index in [-0.39, 0.29) is 0 Å². The predicted octanol–water partition coefficient (Wildman–Crippen LogP) is 3.34. The lowest BCUT2D eigenvalue weighted by Gasteiger charge is -2.40. The van der Waals surface area contributed by atoms with Gasteiger partial charge in [0, 0.05) is 6.04 Å². The van der Waals surface area contributed by atoms with Crippen molar-refractivity contribution in [2.75, 3.05) is 6.54 Å². The molecule has 1 heteroatoms. The molecule has 1 unspecified atom stereocenters. The van der Waals surface area contributed by atoms with Crippen LogP contribution in [0.5, 0.6) is 0 Å². The number of hydrogen-bond acceptors (Lipinski definition) is 1. The molecule has 0 aromatic carbocycles. The fourth-order valence-corrected chi connectivity index (χ4v) is 3.25. The van der Waals surface area contributed by atoms with Gasteiger partial charge in [-0.15, -0.1) is 0 Å². The van der Waals surface area contributed by atoms with E-state index in [1.165, 1.54) is 51.4 Å². The second-order valence-electron chi connectivity index (χ2n) is 5.17. The van der Waals surface area contributed by atoms with Crippen LogP contribution in [-0.2, 0) is 0 Å². The number of rotatable bonds is 4. The van der Waals surface area contributed by atoms with Gasteiger partial charge >= 0.3 is 0 Å². The molecule has 2 aliphatic rings. The minimum atomic E-state index is 0.869. The van der Waals surface area contributed by atoms with E-state index in [9.17, 15) is 0 Å². The smallest absolute Gasteiger partial charge is 0.0123 e. The van der Waals surface area contributed by atoms with Crippen molar-refractivity contribution in [2.45, 2.75) is 64.3 Å². The van der Waals surface area contributed by atoms with Crippen molar-refractivity contribution in [3.05, 3.63) is 0 Å². The van der Waals surface area contributed by atoms with Crippen molar-refractivity contribution in [1.82, 2.24) is 5.32 Å². The summed E-state index contributed by atoms with van der Waals surface area (Å²) in [5, 5.41) is 3.75. The fraction of sp³-hybridized carbons (Fsp3) is 1.00. The molecule has 1 nitrogen and oxygen atoms in total. The van der Waals surface area contributed by atoms with E-state index in [0.717, 1.165) is 24.4 Å². The SMILES string of the molecule is CCNC(C1CCCCC1)C1CCC1. The van der Waals surface area contributed by atoms with E-state index < -0.39 is 0 Å². The third-order valence-corrected chi connectivity index (χ3v) is 4.26. The molecule has 2 fully saturated rings. The average molecular weight is 195 g/mol. The maximum atomic E-state index is 3.75. The zero-order chi connectivity index (χ0) is 9.80. The van der Waals surface area contributed by atoms with Gasteiger partial charge in [0.25, 0.3) is 0 Å². The summed E-state index contributed by atoms with van der Waals surface area (Å²) in [5.74, 6) is 2.03. The Hall–Kier alpha value is -0.0400. The van der Waals surface area contributed by atoms with Gasteiger partial charge in [0.2, 0.25) is 0 Å². The van der Waals surface area contributed by atoms with Crippen LogP contribution in [0.15, 0.2) is 0 Å². The normalized spacial score (nSPS) is 27.2. The van der Waals surface area contributed by atoms with Crippen LogP contribution in [0.1, 0.15) is 58.3 Å². The van der Waals surface area contributed by atoms with E-state index >= 15 is 0 Å². The Labute approximate surface area is 88.7 Å². The third kappa shape index (κ3) is 2.31. The number of hydrogen-bond donors (Lipinski definition) is 1. The molecule has 0 spiro atoms. The van der Waals surface area contributed by atoms with Crippen molar-refractivity contribution in [3.63, 3.8) is 0 Å². The minimum Gasteiger partial charge on any atom is -0.314 e. The largest absolute Gasteiger partial charge is 0.314 e. The third-order valence-electron chi connectivity index (χ3n) is 4.26. The highest BCUT2D eigenvalue weighted by atomic mass is 14.9. The maximum absolute atomic E-state index is 3.75. The van der Waals surface area contributed by atoms with Gasteiger partial charge in [-0.2, -0.15) is 0 Å². The Morgan fingerprint density at radius 2 is 1.50 bits per heavy atom. The maximum Gasteiger partial charge on any atom is 0.0123 e. The van der Waals surface area contributed by atoms with Crippen molar-refractivity contribution >= 4 is 0 Å². The molecule has 0 aromatic heterocycles. The molecular weight excluding hydrogens is 170 g/mol. The highest BCUT2D eigenvalue weighted by Gasteiger charge is 2.32. The summed E-state index contributed by atoms with van der Waals surface area (Å²) in [7, 11) is 0. The Kier molecular flexibility index (Phi) is 3.86. The first kappa shape index (κ1) is 10.5. The molecule has 2 aliphatic carbocycles. The molecule has 0 aromatic rings. The second kappa shape index (κ2) is 5.16. The van der Waals surface area contributed by atoms with Crippen LogP contribution in [-0.4, -0.2) is 12.6 Å². The van der Waals surface area contributed by atoms with Gasteiger partial charge in [0.05, 0.1) is 0 Å². The van der Waals surface area contributed by atoms with Gasteiger partial charge in [-0.05, 0) is 44.1 Å². The summed E-state index contributed by atoms with van der Waals surface area (Å²) < 4.78 is 0. The lowest BCUT2D eigenvalue weighted by atomic mass is 9.71. The topological polar surface area (TPSA) is 12.0 Å². The van der Waals surface area contributed by atoms with Crippen LogP contribution < -0.4 is 5.32 Å². The summed E-state index contributed by atoms with van der Waals surface area (Å²) in [6.45, 7) is 3.42. The van der Waals surface area contributed by atoms with Gasteiger partial charge in [-0.25, -0.2) is 0 Å². The zero-order valence-electron chi connectivity index (χ0n) is 9.60. The molecule has 0 amide bonds. The minimum absolute atomic E-state index is 0.869. The monoisotopic (exact) mass is 195 g/mol. The summed E-state index contributed by atoms with van der Waals surface area (Å²) in [5.41, 5.74) is 0. The van der Waals surface area contributed by atoms with E-state index in [4.69, 9.17) is 0 Å². The molecule has 0 heterocycles. The summed E-state index contributed by atoms with van der Waals surface area (Å²) in [6.07, 6.45) is 11.9. The van der Waals surface area contributed by atoms with Gasteiger partial charge in [0.15, 0.2) is 0 Å². The van der Waals surface area contributed by atoms with Crippen LogP contribution in [0.2, 0.25) is 0 Å². The van der Waals surface area contributed by atoms with Crippen molar-refractivity contribution in [3.8, 4) is 0 Å². The van der Waals surface area contributed by atoms with Crippen molar-refractivity contribution < 1.29 is 0 Å². The molecule has 2 rings (SSSR count). The second-order valence-corrected chi connectivity index (χ2v) is 5.17. The molecule has 0 aliphatic heterocycles. The van der Waals surface area contributed by atoms with E-state index in [1.54, 1.807) is 0 Å². The molecule has 14 heavy (non-hydrogen) atoms. The number of nitrogens with one attached hydrogen (secondary N) is 1. The summed E-state index contributed by atoms with van der Waals surface area (Å²) in [4.78, 5) is 0. The van der Waals surface area contributed by atoms with Crippen LogP contribution in [0.25, 0.3) is 0 Å². The van der Waals surface area contributed by atoms with Crippen LogP contribution in [0.3, 0.4) is 0 Å². The van der Waals surface area contributed by atoms with E-state index in [1.807, 2.05) is 0 Å². The molecule has 2 saturated carbocycles. The first-order valence-corrected chi connectivity index (χ1v) is 6.65. The van der Waals surface area contributed by atoms with Crippen LogP contribution in [0, 0.1) is 11.8 Å². The molecule has 0 radical (unpaired) electrons.